The van der Waals surface area contributed by atoms with Gasteiger partial charge < -0.3 is 9.73 Å². The number of nitrogens with one attached hydrogen (secondary N) is 1. The third kappa shape index (κ3) is 1.89. The summed E-state index contributed by atoms with van der Waals surface area (Å²) < 4.78 is 5.10. The zero-order chi connectivity index (χ0) is 8.97. The van der Waals surface area contributed by atoms with Crippen LogP contribution in [0.5, 0.6) is 0 Å². The molecule has 0 saturated heterocycles. The Morgan fingerprint density at radius 2 is 2.50 bits per heavy atom. The van der Waals surface area contributed by atoms with E-state index in [0.29, 0.717) is 24.2 Å². The predicted octanol–water partition coefficient (Wildman–Crippen LogP) is 1.51. The van der Waals surface area contributed by atoms with Crippen molar-refractivity contribution in [1.82, 2.24) is 4.98 Å². The van der Waals surface area contributed by atoms with Crippen molar-refractivity contribution in [3.05, 3.63) is 11.6 Å². The summed E-state index contributed by atoms with van der Waals surface area (Å²) in [5, 5.41) is 11.4. The lowest BCUT2D eigenvalue weighted by Crippen LogP contribution is -2.02. The molecule has 0 aromatic carbocycles. The van der Waals surface area contributed by atoms with Gasteiger partial charge in [-0.05, 0) is 0 Å². The van der Waals surface area contributed by atoms with E-state index in [2.05, 4.69) is 10.3 Å². The van der Waals surface area contributed by atoms with E-state index in [4.69, 9.17) is 21.3 Å². The largest absolute Gasteiger partial charge is 0.424 e. The van der Waals surface area contributed by atoms with Crippen LogP contribution in [0.4, 0.5) is 5.88 Å². The standard InChI is InChI=1S/C7H8ClN3O/c1-5-11-6(4-9)7(12-5)10-3-2-8/h10H,2-3H2,1H3. The van der Waals surface area contributed by atoms with Gasteiger partial charge in [-0.2, -0.15) is 5.26 Å². The molecule has 0 spiro atoms. The molecule has 1 heterocycles. The molecular weight excluding hydrogens is 178 g/mol. The summed E-state index contributed by atoms with van der Waals surface area (Å²) in [6.07, 6.45) is 0. The molecule has 1 aromatic rings. The average molecular weight is 186 g/mol. The lowest BCUT2D eigenvalue weighted by Gasteiger charge is -1.96. The molecule has 0 atom stereocenters. The topological polar surface area (TPSA) is 61.9 Å². The zero-order valence-corrected chi connectivity index (χ0v) is 7.35. The minimum absolute atomic E-state index is 0.276. The third-order valence-corrected chi connectivity index (χ3v) is 1.41. The number of alkyl halides is 1. The smallest absolute Gasteiger partial charge is 0.232 e. The Hall–Kier alpha value is -1.21. The van der Waals surface area contributed by atoms with Crippen LogP contribution in [0.1, 0.15) is 11.6 Å². The maximum atomic E-state index is 8.59. The van der Waals surface area contributed by atoms with Crippen LogP contribution < -0.4 is 5.32 Å². The fourth-order valence-electron chi connectivity index (χ4n) is 0.783. The number of rotatable bonds is 3. The highest BCUT2D eigenvalue weighted by Gasteiger charge is 2.08. The van der Waals surface area contributed by atoms with Crippen molar-refractivity contribution < 1.29 is 4.42 Å². The highest BCUT2D eigenvalue weighted by molar-refractivity contribution is 6.18. The minimum atomic E-state index is 0.276. The second-order valence-electron chi connectivity index (χ2n) is 2.14. The molecule has 1 rings (SSSR count). The van der Waals surface area contributed by atoms with Crippen molar-refractivity contribution >= 4 is 17.5 Å². The first-order valence-corrected chi connectivity index (χ1v) is 3.98. The van der Waals surface area contributed by atoms with Crippen LogP contribution in [-0.2, 0) is 0 Å². The Morgan fingerprint density at radius 1 is 1.75 bits per heavy atom. The number of hydrogen-bond donors (Lipinski definition) is 1. The van der Waals surface area contributed by atoms with Gasteiger partial charge in [0.25, 0.3) is 0 Å². The van der Waals surface area contributed by atoms with E-state index in [0.717, 1.165) is 0 Å². The summed E-state index contributed by atoms with van der Waals surface area (Å²) >= 11 is 5.45. The van der Waals surface area contributed by atoms with E-state index >= 15 is 0 Å². The van der Waals surface area contributed by atoms with Gasteiger partial charge in [0.1, 0.15) is 6.07 Å². The average Bonchev–Trinajstić information content (AvgIpc) is 2.42. The summed E-state index contributed by atoms with van der Waals surface area (Å²) in [4.78, 5) is 3.85. The number of hydrogen-bond acceptors (Lipinski definition) is 4. The van der Waals surface area contributed by atoms with E-state index in [1.165, 1.54) is 0 Å². The lowest BCUT2D eigenvalue weighted by molar-refractivity contribution is 0.533. The highest BCUT2D eigenvalue weighted by Crippen LogP contribution is 2.14. The molecule has 0 fully saturated rings. The van der Waals surface area contributed by atoms with E-state index < -0.39 is 0 Å². The Morgan fingerprint density at radius 3 is 3.08 bits per heavy atom. The van der Waals surface area contributed by atoms with Crippen LogP contribution in [0.25, 0.3) is 0 Å². The second kappa shape index (κ2) is 3.98. The molecule has 0 aliphatic rings. The zero-order valence-electron chi connectivity index (χ0n) is 6.59. The Balaban J connectivity index is 2.77. The number of aromatic nitrogens is 1. The third-order valence-electron chi connectivity index (χ3n) is 1.22. The lowest BCUT2D eigenvalue weighted by atomic mass is 10.5. The van der Waals surface area contributed by atoms with Gasteiger partial charge in [0.05, 0.1) is 0 Å². The van der Waals surface area contributed by atoms with Gasteiger partial charge in [0, 0.05) is 19.3 Å². The number of aryl methyl sites for hydroxylation is 1. The van der Waals surface area contributed by atoms with Crippen LogP contribution in [0.15, 0.2) is 4.42 Å². The monoisotopic (exact) mass is 185 g/mol. The molecule has 64 valence electrons. The number of nitrogens with zero attached hydrogens (tertiary/aromatic N) is 2. The van der Waals surface area contributed by atoms with E-state index in [1.807, 2.05) is 6.07 Å². The fraction of sp³-hybridized carbons (Fsp3) is 0.429. The first kappa shape index (κ1) is 8.88. The second-order valence-corrected chi connectivity index (χ2v) is 2.52. The molecule has 0 saturated carbocycles. The first-order chi connectivity index (χ1) is 5.77. The van der Waals surface area contributed by atoms with Crippen LogP contribution >= 0.6 is 11.6 Å². The van der Waals surface area contributed by atoms with E-state index in [1.54, 1.807) is 6.92 Å². The molecule has 0 bridgehead atoms. The summed E-state index contributed by atoms with van der Waals surface area (Å²) in [5.74, 6) is 1.34. The predicted molar refractivity (Wildman–Crippen MR) is 45.2 cm³/mol. The minimum Gasteiger partial charge on any atom is -0.424 e. The quantitative estimate of drug-likeness (QED) is 0.725. The first-order valence-electron chi connectivity index (χ1n) is 3.45. The number of halogens is 1. The van der Waals surface area contributed by atoms with Crippen LogP contribution in [0.3, 0.4) is 0 Å². The molecule has 0 aliphatic carbocycles. The molecule has 0 radical (unpaired) electrons. The number of anilines is 1. The molecule has 12 heavy (non-hydrogen) atoms. The molecular formula is C7H8ClN3O. The van der Waals surface area contributed by atoms with Gasteiger partial charge in [-0.25, -0.2) is 4.98 Å². The van der Waals surface area contributed by atoms with Gasteiger partial charge in [0.15, 0.2) is 5.89 Å². The maximum Gasteiger partial charge on any atom is 0.232 e. The summed E-state index contributed by atoms with van der Waals surface area (Å²) in [6, 6.07) is 1.91. The Bertz CT molecular complexity index is 302. The van der Waals surface area contributed by atoms with Crippen molar-refractivity contribution in [2.45, 2.75) is 6.92 Å². The van der Waals surface area contributed by atoms with E-state index in [-0.39, 0.29) is 5.69 Å². The summed E-state index contributed by atoms with van der Waals surface area (Å²) in [7, 11) is 0. The van der Waals surface area contributed by atoms with Crippen molar-refractivity contribution in [3.63, 3.8) is 0 Å². The normalized spacial score (nSPS) is 9.42. The molecule has 1 aromatic heterocycles. The number of nitriles is 1. The van der Waals surface area contributed by atoms with Gasteiger partial charge in [0.2, 0.25) is 11.6 Å². The molecule has 4 nitrogen and oxygen atoms in total. The van der Waals surface area contributed by atoms with Gasteiger partial charge in [-0.1, -0.05) is 0 Å². The van der Waals surface area contributed by atoms with Crippen molar-refractivity contribution in [2.75, 3.05) is 17.7 Å². The highest BCUT2D eigenvalue weighted by atomic mass is 35.5. The SMILES string of the molecule is Cc1nc(C#N)c(NCCCl)o1. The molecule has 0 aliphatic heterocycles. The Labute approximate surface area is 75.2 Å². The molecule has 5 heteroatoms. The number of oxazole rings is 1. The summed E-state index contributed by atoms with van der Waals surface area (Å²) in [6.45, 7) is 2.25. The van der Waals surface area contributed by atoms with Crippen LogP contribution in [-0.4, -0.2) is 17.4 Å². The molecule has 1 N–H and O–H groups in total. The molecule has 0 amide bonds. The van der Waals surface area contributed by atoms with Gasteiger partial charge >= 0.3 is 0 Å². The van der Waals surface area contributed by atoms with Crippen molar-refractivity contribution in [3.8, 4) is 6.07 Å². The van der Waals surface area contributed by atoms with Gasteiger partial charge in [-0.3, -0.25) is 0 Å². The van der Waals surface area contributed by atoms with Crippen molar-refractivity contribution in [2.24, 2.45) is 0 Å². The summed E-state index contributed by atoms with van der Waals surface area (Å²) in [5.41, 5.74) is 0.276. The Kier molecular flexibility index (Phi) is 2.94. The fourth-order valence-corrected chi connectivity index (χ4v) is 0.878. The van der Waals surface area contributed by atoms with Crippen molar-refractivity contribution in [1.29, 1.82) is 5.26 Å². The van der Waals surface area contributed by atoms with Crippen LogP contribution in [0.2, 0.25) is 0 Å². The molecule has 0 unspecified atom stereocenters. The van der Waals surface area contributed by atoms with Crippen LogP contribution in [0, 0.1) is 18.3 Å². The van der Waals surface area contributed by atoms with E-state index in [9.17, 15) is 0 Å². The van der Waals surface area contributed by atoms with Gasteiger partial charge in [-0.15, -0.1) is 11.6 Å². The maximum absolute atomic E-state index is 8.59.